The van der Waals surface area contributed by atoms with Crippen LogP contribution in [-0.4, -0.2) is 31.7 Å². The zero-order chi connectivity index (χ0) is 13.5. The first-order valence-electron chi connectivity index (χ1n) is 7.02. The Morgan fingerprint density at radius 1 is 1.37 bits per heavy atom. The van der Waals surface area contributed by atoms with Crippen LogP contribution in [0.25, 0.3) is 0 Å². The summed E-state index contributed by atoms with van der Waals surface area (Å²) >= 11 is 0. The van der Waals surface area contributed by atoms with Gasteiger partial charge in [-0.3, -0.25) is 4.79 Å². The summed E-state index contributed by atoms with van der Waals surface area (Å²) in [4.78, 5) is 11.9. The Labute approximate surface area is 114 Å². The third kappa shape index (κ3) is 4.24. The molecule has 1 saturated heterocycles. The topological polar surface area (TPSA) is 50.4 Å². The highest BCUT2D eigenvalue weighted by atomic mass is 16.5. The van der Waals surface area contributed by atoms with Gasteiger partial charge in [-0.05, 0) is 37.5 Å². The summed E-state index contributed by atoms with van der Waals surface area (Å²) in [5.41, 5.74) is 1.72. The summed E-state index contributed by atoms with van der Waals surface area (Å²) in [5, 5.41) is 6.36. The smallest absolute Gasteiger partial charge is 0.251 e. The van der Waals surface area contributed by atoms with Gasteiger partial charge in [0, 0.05) is 37.1 Å². The molecular formula is C15H22N2O2. The van der Waals surface area contributed by atoms with Crippen LogP contribution in [0.2, 0.25) is 0 Å². The first-order chi connectivity index (χ1) is 9.29. The van der Waals surface area contributed by atoms with E-state index in [-0.39, 0.29) is 5.91 Å². The fraction of sp³-hybridized carbons (Fsp3) is 0.533. The lowest BCUT2D eigenvalue weighted by Gasteiger charge is -2.24. The molecule has 0 bridgehead atoms. The first kappa shape index (κ1) is 13.9. The van der Waals surface area contributed by atoms with Crippen molar-refractivity contribution < 1.29 is 9.53 Å². The van der Waals surface area contributed by atoms with Crippen molar-refractivity contribution in [3.8, 4) is 0 Å². The van der Waals surface area contributed by atoms with Crippen LogP contribution in [-0.2, 0) is 4.74 Å². The van der Waals surface area contributed by atoms with Crippen LogP contribution in [0.4, 0.5) is 5.69 Å². The lowest BCUT2D eigenvalue weighted by Crippen LogP contribution is -2.28. The molecule has 1 amide bonds. The van der Waals surface area contributed by atoms with Gasteiger partial charge in [0.05, 0.1) is 0 Å². The highest BCUT2D eigenvalue weighted by molar-refractivity contribution is 5.95. The van der Waals surface area contributed by atoms with Crippen molar-refractivity contribution in [2.24, 2.45) is 0 Å². The molecule has 1 aliphatic heterocycles. The Hall–Kier alpha value is -1.55. The number of benzene rings is 1. The van der Waals surface area contributed by atoms with Gasteiger partial charge in [0.1, 0.15) is 0 Å². The summed E-state index contributed by atoms with van der Waals surface area (Å²) in [6, 6.07) is 8.14. The second-order valence-corrected chi connectivity index (χ2v) is 4.87. The van der Waals surface area contributed by atoms with Crippen LogP contribution in [0.3, 0.4) is 0 Å². The van der Waals surface area contributed by atoms with Gasteiger partial charge in [-0.1, -0.05) is 13.0 Å². The van der Waals surface area contributed by atoms with Crippen LogP contribution in [0.5, 0.6) is 0 Å². The molecule has 0 atom stereocenters. The Balaban J connectivity index is 1.95. The SMILES string of the molecule is CCCNC(=O)c1cccc(NC2CCOCC2)c1. The second kappa shape index (κ2) is 7.14. The largest absolute Gasteiger partial charge is 0.382 e. The van der Waals surface area contributed by atoms with Crippen LogP contribution < -0.4 is 10.6 Å². The van der Waals surface area contributed by atoms with E-state index in [1.54, 1.807) is 0 Å². The van der Waals surface area contributed by atoms with Gasteiger partial charge < -0.3 is 15.4 Å². The minimum atomic E-state index is -0.00234. The van der Waals surface area contributed by atoms with Crippen molar-refractivity contribution in [1.29, 1.82) is 0 Å². The molecule has 1 heterocycles. The van der Waals surface area contributed by atoms with Gasteiger partial charge in [0.25, 0.3) is 5.91 Å². The molecule has 1 aliphatic rings. The van der Waals surface area contributed by atoms with Crippen molar-refractivity contribution in [3.05, 3.63) is 29.8 Å². The molecule has 1 aromatic carbocycles. The molecule has 1 aromatic rings. The Morgan fingerprint density at radius 2 is 2.16 bits per heavy atom. The molecule has 2 N–H and O–H groups in total. The Bertz CT molecular complexity index is 414. The number of carbonyl (C=O) groups is 1. The Kier molecular flexibility index (Phi) is 5.21. The number of carbonyl (C=O) groups excluding carboxylic acids is 1. The van der Waals surface area contributed by atoms with E-state index < -0.39 is 0 Å². The summed E-state index contributed by atoms with van der Waals surface area (Å²) in [5.74, 6) is -0.00234. The minimum absolute atomic E-state index is 0.00234. The van der Waals surface area contributed by atoms with Crippen LogP contribution in [0, 0.1) is 0 Å². The Morgan fingerprint density at radius 3 is 2.89 bits per heavy atom. The number of amides is 1. The van der Waals surface area contributed by atoms with Gasteiger partial charge in [-0.2, -0.15) is 0 Å². The van der Waals surface area contributed by atoms with Gasteiger partial charge in [0.2, 0.25) is 0 Å². The zero-order valence-electron chi connectivity index (χ0n) is 11.4. The third-order valence-corrected chi connectivity index (χ3v) is 3.25. The van der Waals surface area contributed by atoms with E-state index in [0.29, 0.717) is 11.6 Å². The lowest BCUT2D eigenvalue weighted by atomic mass is 10.1. The van der Waals surface area contributed by atoms with Gasteiger partial charge in [0.15, 0.2) is 0 Å². The maximum atomic E-state index is 11.9. The maximum absolute atomic E-state index is 11.9. The molecule has 0 spiro atoms. The number of rotatable bonds is 5. The van der Waals surface area contributed by atoms with Crippen molar-refractivity contribution >= 4 is 11.6 Å². The van der Waals surface area contributed by atoms with E-state index in [2.05, 4.69) is 10.6 Å². The van der Waals surface area contributed by atoms with Crippen molar-refractivity contribution in [2.45, 2.75) is 32.2 Å². The molecular weight excluding hydrogens is 240 g/mol. The molecule has 0 saturated carbocycles. The third-order valence-electron chi connectivity index (χ3n) is 3.25. The molecule has 0 aromatic heterocycles. The van der Waals surface area contributed by atoms with Crippen molar-refractivity contribution in [2.75, 3.05) is 25.1 Å². The van der Waals surface area contributed by atoms with Gasteiger partial charge in [-0.25, -0.2) is 0 Å². The second-order valence-electron chi connectivity index (χ2n) is 4.87. The molecule has 104 valence electrons. The molecule has 1 fully saturated rings. The first-order valence-corrected chi connectivity index (χ1v) is 7.02. The molecule has 4 nitrogen and oxygen atoms in total. The van der Waals surface area contributed by atoms with E-state index in [9.17, 15) is 4.79 Å². The van der Waals surface area contributed by atoms with E-state index in [1.165, 1.54) is 0 Å². The number of anilines is 1. The molecule has 2 rings (SSSR count). The van der Waals surface area contributed by atoms with Crippen LogP contribution >= 0.6 is 0 Å². The lowest BCUT2D eigenvalue weighted by molar-refractivity contribution is 0.0904. The quantitative estimate of drug-likeness (QED) is 0.857. The standard InChI is InChI=1S/C15H22N2O2/c1-2-8-16-15(18)12-4-3-5-14(11-12)17-13-6-9-19-10-7-13/h3-5,11,13,17H,2,6-10H2,1H3,(H,16,18). The number of nitrogens with one attached hydrogen (secondary N) is 2. The molecule has 19 heavy (non-hydrogen) atoms. The van der Waals surface area contributed by atoms with Crippen LogP contribution in [0.15, 0.2) is 24.3 Å². The van der Waals surface area contributed by atoms with Crippen molar-refractivity contribution in [3.63, 3.8) is 0 Å². The summed E-state index contributed by atoms with van der Waals surface area (Å²) in [7, 11) is 0. The highest BCUT2D eigenvalue weighted by Crippen LogP contribution is 2.16. The van der Waals surface area contributed by atoms with Gasteiger partial charge >= 0.3 is 0 Å². The maximum Gasteiger partial charge on any atom is 0.251 e. The molecule has 0 unspecified atom stereocenters. The van der Waals surface area contributed by atoms with E-state index in [1.807, 2.05) is 31.2 Å². The molecule has 0 aliphatic carbocycles. The van der Waals surface area contributed by atoms with Crippen LogP contribution in [0.1, 0.15) is 36.5 Å². The van der Waals surface area contributed by atoms with E-state index in [0.717, 1.165) is 44.7 Å². The average molecular weight is 262 g/mol. The number of hydrogen-bond acceptors (Lipinski definition) is 3. The summed E-state index contributed by atoms with van der Waals surface area (Å²) < 4.78 is 5.34. The number of ether oxygens (including phenoxy) is 1. The van der Waals surface area contributed by atoms with Gasteiger partial charge in [-0.15, -0.1) is 0 Å². The van der Waals surface area contributed by atoms with Crippen molar-refractivity contribution in [1.82, 2.24) is 5.32 Å². The predicted octanol–water partition coefficient (Wildman–Crippen LogP) is 2.42. The van der Waals surface area contributed by atoms with E-state index in [4.69, 9.17) is 4.74 Å². The zero-order valence-corrected chi connectivity index (χ0v) is 11.4. The fourth-order valence-corrected chi connectivity index (χ4v) is 2.17. The summed E-state index contributed by atoms with van der Waals surface area (Å²) in [6.45, 7) is 4.39. The normalized spacial score (nSPS) is 16.1. The average Bonchev–Trinajstić information content (AvgIpc) is 2.46. The fourth-order valence-electron chi connectivity index (χ4n) is 2.17. The minimum Gasteiger partial charge on any atom is -0.382 e. The molecule has 4 heteroatoms. The number of hydrogen-bond donors (Lipinski definition) is 2. The summed E-state index contributed by atoms with van der Waals surface area (Å²) in [6.07, 6.45) is 2.99. The monoisotopic (exact) mass is 262 g/mol. The van der Waals surface area contributed by atoms with E-state index >= 15 is 0 Å². The predicted molar refractivity (Wildman–Crippen MR) is 76.5 cm³/mol. The molecule has 0 radical (unpaired) electrons. The highest BCUT2D eigenvalue weighted by Gasteiger charge is 2.13.